The fourth-order valence-corrected chi connectivity index (χ4v) is 0.905. The van der Waals surface area contributed by atoms with Crippen molar-refractivity contribution in [2.24, 2.45) is 0 Å². The summed E-state index contributed by atoms with van der Waals surface area (Å²) in [5, 5.41) is 9.91. The molecule has 0 aromatic carbocycles. The predicted octanol–water partition coefficient (Wildman–Crippen LogP) is -1.31. The van der Waals surface area contributed by atoms with Gasteiger partial charge in [0.2, 0.25) is 0 Å². The maximum atomic E-state index is 8.51. The van der Waals surface area contributed by atoms with Crippen molar-refractivity contribution >= 4 is 8.69 Å². The van der Waals surface area contributed by atoms with Crippen molar-refractivity contribution in [3.05, 3.63) is 0 Å². The molecule has 4 N–H and O–H groups in total. The monoisotopic (exact) mass is 194 g/mol. The molecule has 0 aliphatic carbocycles. The Morgan fingerprint density at radius 1 is 0.833 bits per heavy atom. The molecular weight excluding hydrogens is 177 g/mol. The lowest BCUT2D eigenvalue weighted by Gasteiger charge is -1.99. The van der Waals surface area contributed by atoms with Gasteiger partial charge in [0, 0.05) is 39.3 Å². The van der Waals surface area contributed by atoms with E-state index in [1.807, 2.05) is 0 Å². The van der Waals surface area contributed by atoms with Gasteiger partial charge in [-0.25, -0.2) is 0 Å². The van der Waals surface area contributed by atoms with Gasteiger partial charge in [-0.2, -0.15) is 4.89 Å². The molecule has 72 valence electrons. The summed E-state index contributed by atoms with van der Waals surface area (Å²) >= 11 is 0. The summed E-state index contributed by atoms with van der Waals surface area (Å²) in [6.07, 6.45) is 0. The average Bonchev–Trinajstić information content (AvgIpc) is 2.19. The Bertz CT molecular complexity index is 76.3. The minimum atomic E-state index is -1.17. The van der Waals surface area contributed by atoms with Gasteiger partial charge in [-0.05, 0) is 4.57 Å². The summed E-state index contributed by atoms with van der Waals surface area (Å²) in [5.74, 6) is 0. The predicted molar refractivity (Wildman–Crippen MR) is 49.8 cm³/mol. The third kappa shape index (κ3) is 9.94. The van der Waals surface area contributed by atoms with Crippen LogP contribution in [0.15, 0.2) is 0 Å². The van der Waals surface area contributed by atoms with Crippen LogP contribution in [-0.2, 0) is 4.57 Å². The highest BCUT2D eigenvalue weighted by atomic mass is 31.1. The first kappa shape index (κ1) is 11.9. The van der Waals surface area contributed by atoms with Gasteiger partial charge in [-0.15, -0.1) is 0 Å². The topological polar surface area (TPSA) is 73.4 Å². The van der Waals surface area contributed by atoms with Crippen molar-refractivity contribution in [3.8, 4) is 0 Å². The lowest BCUT2D eigenvalue weighted by molar-refractivity contribution is 0.524. The first-order valence-electron chi connectivity index (χ1n) is 4.05. The van der Waals surface area contributed by atoms with E-state index < -0.39 is 8.69 Å². The van der Waals surface area contributed by atoms with Crippen molar-refractivity contribution in [1.82, 2.24) is 16.0 Å². The Labute approximate surface area is 74.2 Å². The van der Waals surface area contributed by atoms with E-state index in [9.17, 15) is 0 Å². The first-order valence-corrected chi connectivity index (χ1v) is 4.90. The quantitative estimate of drug-likeness (QED) is 0.360. The molecule has 1 aliphatic heterocycles. The summed E-state index contributed by atoms with van der Waals surface area (Å²) in [4.78, 5) is 7.04. The maximum absolute atomic E-state index is 8.51. The van der Waals surface area contributed by atoms with Gasteiger partial charge in [-0.1, -0.05) is 0 Å². The SMILES string of the molecule is C1CNCCNCCN1.O=[PH+]O. The zero-order valence-corrected chi connectivity index (χ0v) is 8.10. The zero-order chi connectivity index (χ0) is 9.07. The highest BCUT2D eigenvalue weighted by Gasteiger charge is 1.91. The smallest absolute Gasteiger partial charge is 0.314 e. The van der Waals surface area contributed by atoms with Crippen molar-refractivity contribution in [2.75, 3.05) is 39.3 Å². The van der Waals surface area contributed by atoms with Gasteiger partial charge in [0.05, 0.1) is 0 Å². The third-order valence-electron chi connectivity index (χ3n) is 1.44. The Balaban J connectivity index is 0.000000354. The molecule has 0 bridgehead atoms. The van der Waals surface area contributed by atoms with E-state index in [-0.39, 0.29) is 0 Å². The third-order valence-corrected chi connectivity index (χ3v) is 1.44. The second-order valence-electron chi connectivity index (χ2n) is 2.34. The molecule has 1 atom stereocenters. The molecule has 1 heterocycles. The largest absolute Gasteiger partial charge is 0.491 e. The Morgan fingerprint density at radius 2 is 1.00 bits per heavy atom. The lowest BCUT2D eigenvalue weighted by Crippen LogP contribution is -2.27. The van der Waals surface area contributed by atoms with Crippen LogP contribution in [0, 0.1) is 0 Å². The number of hydrogen-bond acceptors (Lipinski definition) is 4. The average molecular weight is 194 g/mol. The van der Waals surface area contributed by atoms with Crippen molar-refractivity contribution in [1.29, 1.82) is 0 Å². The fraction of sp³-hybridized carbons (Fsp3) is 1.00. The Morgan fingerprint density at radius 3 is 1.17 bits per heavy atom. The Hall–Kier alpha value is -0.0600. The van der Waals surface area contributed by atoms with E-state index in [2.05, 4.69) is 16.0 Å². The van der Waals surface area contributed by atoms with Gasteiger partial charge in [0.25, 0.3) is 0 Å². The molecule has 0 aromatic rings. The van der Waals surface area contributed by atoms with Gasteiger partial charge < -0.3 is 16.0 Å². The molecule has 1 rings (SSSR count). The van der Waals surface area contributed by atoms with E-state index in [1.165, 1.54) is 0 Å². The highest BCUT2D eigenvalue weighted by Crippen LogP contribution is 1.66. The standard InChI is InChI=1S/C6H15N3.HO2P/c1-2-8-5-6-9-4-3-7-1;1-3-2/h7-9H,1-6H2;3H/p+1. The Kier molecular flexibility index (Phi) is 10.9. The van der Waals surface area contributed by atoms with Crippen LogP contribution in [0.5, 0.6) is 0 Å². The van der Waals surface area contributed by atoms with E-state index in [0.717, 1.165) is 39.3 Å². The summed E-state index contributed by atoms with van der Waals surface area (Å²) in [7, 11) is -1.17. The van der Waals surface area contributed by atoms with Crippen molar-refractivity contribution in [2.45, 2.75) is 0 Å². The maximum Gasteiger partial charge on any atom is 0.491 e. The van der Waals surface area contributed by atoms with E-state index in [1.54, 1.807) is 0 Å². The fourth-order valence-electron chi connectivity index (χ4n) is 0.905. The molecule has 0 radical (unpaired) electrons. The molecule has 5 nitrogen and oxygen atoms in total. The summed E-state index contributed by atoms with van der Waals surface area (Å²) < 4.78 is 8.51. The van der Waals surface area contributed by atoms with Gasteiger partial charge in [0.15, 0.2) is 0 Å². The first-order chi connectivity index (χ1) is 5.91. The summed E-state index contributed by atoms with van der Waals surface area (Å²) in [6.45, 7) is 6.59. The summed E-state index contributed by atoms with van der Waals surface area (Å²) in [5.41, 5.74) is 0. The van der Waals surface area contributed by atoms with Crippen LogP contribution in [0.4, 0.5) is 0 Å². The van der Waals surface area contributed by atoms with Crippen LogP contribution in [0.25, 0.3) is 0 Å². The van der Waals surface area contributed by atoms with Crippen LogP contribution in [0.1, 0.15) is 0 Å². The molecule has 0 spiro atoms. The lowest BCUT2D eigenvalue weighted by atomic mass is 10.6. The van der Waals surface area contributed by atoms with Crippen LogP contribution in [0.2, 0.25) is 0 Å². The minimum absolute atomic E-state index is 1.10. The van der Waals surface area contributed by atoms with Gasteiger partial charge in [-0.3, -0.25) is 0 Å². The van der Waals surface area contributed by atoms with Gasteiger partial charge in [0.1, 0.15) is 0 Å². The second-order valence-corrected chi connectivity index (χ2v) is 2.52. The number of rotatable bonds is 0. The molecule has 12 heavy (non-hydrogen) atoms. The minimum Gasteiger partial charge on any atom is -0.314 e. The van der Waals surface area contributed by atoms with Crippen LogP contribution in [0.3, 0.4) is 0 Å². The van der Waals surface area contributed by atoms with Crippen LogP contribution >= 0.6 is 8.69 Å². The number of nitrogens with one attached hydrogen (secondary N) is 3. The van der Waals surface area contributed by atoms with Crippen molar-refractivity contribution in [3.63, 3.8) is 0 Å². The zero-order valence-electron chi connectivity index (χ0n) is 7.10. The summed E-state index contributed by atoms with van der Waals surface area (Å²) in [6, 6.07) is 0. The molecule has 0 saturated carbocycles. The molecule has 1 aliphatic rings. The van der Waals surface area contributed by atoms with Gasteiger partial charge >= 0.3 is 8.69 Å². The van der Waals surface area contributed by atoms with E-state index in [0.29, 0.717) is 0 Å². The molecule has 0 aromatic heterocycles. The van der Waals surface area contributed by atoms with Crippen LogP contribution in [-0.4, -0.2) is 44.2 Å². The highest BCUT2D eigenvalue weighted by molar-refractivity contribution is 7.16. The molecule has 6 heteroatoms. The normalized spacial score (nSPS) is 19.8. The molecule has 1 saturated heterocycles. The van der Waals surface area contributed by atoms with Crippen LogP contribution < -0.4 is 16.0 Å². The van der Waals surface area contributed by atoms with E-state index in [4.69, 9.17) is 9.46 Å². The number of hydrogen-bond donors (Lipinski definition) is 4. The second kappa shape index (κ2) is 10.9. The molecule has 0 amide bonds. The van der Waals surface area contributed by atoms with E-state index >= 15 is 0 Å². The molecule has 1 fully saturated rings. The molecule has 1 unspecified atom stereocenters. The van der Waals surface area contributed by atoms with Crippen molar-refractivity contribution < 1.29 is 9.46 Å². The molecular formula is C6H17N3O2P+.